The van der Waals surface area contributed by atoms with Crippen LogP contribution in [0, 0.1) is 17.6 Å². The van der Waals surface area contributed by atoms with Gasteiger partial charge in [-0.2, -0.15) is 0 Å². The molecule has 0 radical (unpaired) electrons. The zero-order chi connectivity index (χ0) is 12.1. The van der Waals surface area contributed by atoms with Crippen LogP contribution in [-0.4, -0.2) is 7.05 Å². The van der Waals surface area contributed by atoms with E-state index in [2.05, 4.69) is 5.32 Å². The molecule has 0 saturated heterocycles. The molecule has 1 aromatic rings. The summed E-state index contributed by atoms with van der Waals surface area (Å²) in [6.07, 6.45) is 2.11. The van der Waals surface area contributed by atoms with Crippen LogP contribution in [0.4, 0.5) is 8.78 Å². The summed E-state index contributed by atoms with van der Waals surface area (Å²) < 4.78 is 26.8. The first-order valence-electron chi connectivity index (χ1n) is 5.85. The summed E-state index contributed by atoms with van der Waals surface area (Å²) in [5, 5.41) is 2.98. The Morgan fingerprint density at radius 2 is 1.69 bits per heavy atom. The van der Waals surface area contributed by atoms with Crippen molar-refractivity contribution < 1.29 is 8.78 Å². The summed E-state index contributed by atoms with van der Waals surface area (Å²) in [5.74, 6) is -0.501. The van der Waals surface area contributed by atoms with Crippen molar-refractivity contribution >= 4 is 0 Å². The molecule has 0 amide bonds. The second-order valence-corrected chi connectivity index (χ2v) is 3.74. The molecule has 1 nitrogen and oxygen atoms in total. The largest absolute Gasteiger partial charge is 0.313 e. The fourth-order valence-corrected chi connectivity index (χ4v) is 1.85. The summed E-state index contributed by atoms with van der Waals surface area (Å²) in [6, 6.07) is 3.85. The molecule has 0 bridgehead atoms. The van der Waals surface area contributed by atoms with Crippen molar-refractivity contribution in [3.8, 4) is 0 Å². The maximum absolute atomic E-state index is 13.4. The topological polar surface area (TPSA) is 12.0 Å². The van der Waals surface area contributed by atoms with Crippen LogP contribution in [0.5, 0.6) is 0 Å². The summed E-state index contributed by atoms with van der Waals surface area (Å²) in [5.41, 5.74) is 0.192. The van der Waals surface area contributed by atoms with Gasteiger partial charge in [-0.3, -0.25) is 0 Å². The number of benzene rings is 1. The van der Waals surface area contributed by atoms with Crippen LogP contribution in [0.1, 0.15) is 38.3 Å². The molecule has 0 heterocycles. The lowest BCUT2D eigenvalue weighted by Crippen LogP contribution is -2.21. The van der Waals surface area contributed by atoms with Crippen molar-refractivity contribution in [2.45, 2.75) is 32.7 Å². The van der Waals surface area contributed by atoms with Crippen molar-refractivity contribution in [1.82, 2.24) is 5.32 Å². The molecule has 0 spiro atoms. The summed E-state index contributed by atoms with van der Waals surface area (Å²) in [4.78, 5) is 0. The van der Waals surface area contributed by atoms with Crippen LogP contribution < -0.4 is 5.32 Å². The van der Waals surface area contributed by atoms with Gasteiger partial charge >= 0.3 is 0 Å². The van der Waals surface area contributed by atoms with E-state index in [0.717, 1.165) is 12.8 Å². The lowest BCUT2D eigenvalue weighted by atomic mass is 10.0. The first-order chi connectivity index (χ1) is 7.74. The van der Waals surface area contributed by atoms with Crippen molar-refractivity contribution in [1.29, 1.82) is 0 Å². The highest BCUT2D eigenvalue weighted by atomic mass is 19.1. The van der Waals surface area contributed by atoms with E-state index in [9.17, 15) is 8.78 Å². The van der Waals surface area contributed by atoms with Gasteiger partial charge in [0, 0.05) is 11.6 Å². The van der Waals surface area contributed by atoms with Gasteiger partial charge in [-0.05, 0) is 37.9 Å². The molecule has 1 aliphatic rings. The highest BCUT2D eigenvalue weighted by molar-refractivity contribution is 5.25. The Labute approximate surface area is 95.9 Å². The average Bonchev–Trinajstić information content (AvgIpc) is 3.10. The van der Waals surface area contributed by atoms with Crippen LogP contribution in [0.3, 0.4) is 0 Å². The molecule has 1 fully saturated rings. The third-order valence-electron chi connectivity index (χ3n) is 2.72. The third kappa shape index (κ3) is 2.79. The summed E-state index contributed by atoms with van der Waals surface area (Å²) in [7, 11) is 1.74. The molecule has 16 heavy (non-hydrogen) atoms. The number of nitrogens with one attached hydrogen (secondary N) is 1. The maximum Gasteiger partial charge on any atom is 0.130 e. The smallest absolute Gasteiger partial charge is 0.130 e. The van der Waals surface area contributed by atoms with E-state index in [4.69, 9.17) is 0 Å². The average molecular weight is 227 g/mol. The molecule has 1 atom stereocenters. The predicted octanol–water partition coefficient (Wildman–Crippen LogP) is 3.66. The Balaban J connectivity index is 0.000000606. The second-order valence-electron chi connectivity index (χ2n) is 3.74. The fraction of sp³-hybridized carbons (Fsp3) is 0.538. The first kappa shape index (κ1) is 13.1. The lowest BCUT2D eigenvalue weighted by molar-refractivity contribution is 0.458. The molecule has 3 heteroatoms. The summed E-state index contributed by atoms with van der Waals surface area (Å²) >= 11 is 0. The van der Waals surface area contributed by atoms with E-state index in [0.29, 0.717) is 5.92 Å². The van der Waals surface area contributed by atoms with Crippen molar-refractivity contribution in [2.75, 3.05) is 7.05 Å². The standard InChI is InChI=1S/C11H13F2N.C2H6/c1-14-11(7-5-6-7)10-8(12)3-2-4-9(10)13;1-2/h2-4,7,11,14H,5-6H2,1H3;1-2H3. The van der Waals surface area contributed by atoms with Gasteiger partial charge in [0.05, 0.1) is 0 Å². The molecular formula is C13H19F2N. The molecule has 0 aliphatic heterocycles. The van der Waals surface area contributed by atoms with E-state index in [-0.39, 0.29) is 11.6 Å². The van der Waals surface area contributed by atoms with Crippen LogP contribution in [-0.2, 0) is 0 Å². The molecule has 90 valence electrons. The zero-order valence-corrected chi connectivity index (χ0v) is 10.1. The molecule has 2 rings (SSSR count). The Bertz CT molecular complexity index is 314. The minimum atomic E-state index is -0.448. The van der Waals surface area contributed by atoms with E-state index in [1.165, 1.54) is 18.2 Å². The van der Waals surface area contributed by atoms with Crippen LogP contribution in [0.15, 0.2) is 18.2 Å². The van der Waals surface area contributed by atoms with Gasteiger partial charge < -0.3 is 5.32 Å². The van der Waals surface area contributed by atoms with Crippen LogP contribution in [0.25, 0.3) is 0 Å². The number of hydrogen-bond donors (Lipinski definition) is 1. The Morgan fingerprint density at radius 3 is 2.06 bits per heavy atom. The van der Waals surface area contributed by atoms with E-state index < -0.39 is 11.6 Å². The minimum absolute atomic E-state index is 0.170. The minimum Gasteiger partial charge on any atom is -0.313 e. The number of hydrogen-bond acceptors (Lipinski definition) is 1. The first-order valence-corrected chi connectivity index (χ1v) is 5.85. The quantitative estimate of drug-likeness (QED) is 0.831. The molecule has 1 saturated carbocycles. The molecule has 1 N–H and O–H groups in total. The number of halogens is 2. The van der Waals surface area contributed by atoms with Crippen molar-refractivity contribution in [2.24, 2.45) is 5.92 Å². The lowest BCUT2D eigenvalue weighted by Gasteiger charge is -2.17. The van der Waals surface area contributed by atoms with E-state index in [1.807, 2.05) is 13.8 Å². The van der Waals surface area contributed by atoms with Crippen molar-refractivity contribution in [3.05, 3.63) is 35.4 Å². The normalized spacial score (nSPS) is 16.3. The van der Waals surface area contributed by atoms with E-state index in [1.54, 1.807) is 7.05 Å². The Hall–Kier alpha value is -0.960. The highest BCUT2D eigenvalue weighted by Gasteiger charge is 2.34. The Kier molecular flexibility index (Phi) is 4.87. The predicted molar refractivity (Wildman–Crippen MR) is 62.2 cm³/mol. The molecule has 0 aromatic heterocycles. The van der Waals surface area contributed by atoms with Gasteiger partial charge in [-0.15, -0.1) is 0 Å². The van der Waals surface area contributed by atoms with Gasteiger partial charge in [-0.1, -0.05) is 19.9 Å². The molecule has 1 aromatic carbocycles. The summed E-state index contributed by atoms with van der Waals surface area (Å²) in [6.45, 7) is 4.00. The van der Waals surface area contributed by atoms with Gasteiger partial charge in [0.2, 0.25) is 0 Å². The van der Waals surface area contributed by atoms with E-state index >= 15 is 0 Å². The molecule has 1 unspecified atom stereocenters. The molecule has 1 aliphatic carbocycles. The maximum atomic E-state index is 13.4. The van der Waals surface area contributed by atoms with Crippen LogP contribution in [0.2, 0.25) is 0 Å². The SMILES string of the molecule is CC.CNC(c1c(F)cccc1F)C1CC1. The monoisotopic (exact) mass is 227 g/mol. The third-order valence-corrected chi connectivity index (χ3v) is 2.72. The Morgan fingerprint density at radius 1 is 1.19 bits per heavy atom. The second kappa shape index (κ2) is 5.94. The molecular weight excluding hydrogens is 208 g/mol. The van der Waals surface area contributed by atoms with Crippen LogP contribution >= 0.6 is 0 Å². The zero-order valence-electron chi connectivity index (χ0n) is 10.1. The fourth-order valence-electron chi connectivity index (χ4n) is 1.85. The van der Waals surface area contributed by atoms with Gasteiger partial charge in [-0.25, -0.2) is 8.78 Å². The van der Waals surface area contributed by atoms with Gasteiger partial charge in [0.15, 0.2) is 0 Å². The number of rotatable bonds is 3. The van der Waals surface area contributed by atoms with Gasteiger partial charge in [0.25, 0.3) is 0 Å². The van der Waals surface area contributed by atoms with Gasteiger partial charge in [0.1, 0.15) is 11.6 Å². The van der Waals surface area contributed by atoms with Crippen molar-refractivity contribution in [3.63, 3.8) is 0 Å². The highest BCUT2D eigenvalue weighted by Crippen LogP contribution is 2.42.